The molecule has 0 saturated carbocycles. The third kappa shape index (κ3) is 9.58. The highest BCUT2D eigenvalue weighted by Crippen LogP contribution is 2.34. The first-order valence-electron chi connectivity index (χ1n) is 17.6. The van der Waals surface area contributed by atoms with Gasteiger partial charge in [0.15, 0.2) is 11.5 Å². The van der Waals surface area contributed by atoms with Gasteiger partial charge in [-0.25, -0.2) is 14.6 Å². The maximum atomic E-state index is 12.9. The molecule has 3 aromatic heterocycles. The fourth-order valence-corrected chi connectivity index (χ4v) is 6.03. The fourth-order valence-electron chi connectivity index (χ4n) is 6.03. The topological polar surface area (TPSA) is 257 Å². The molecule has 1 aliphatic rings. The van der Waals surface area contributed by atoms with Crippen LogP contribution >= 0.6 is 0 Å². The number of nitrogens with zero attached hydrogens (tertiary/aromatic N) is 6. The van der Waals surface area contributed by atoms with E-state index in [1.807, 2.05) is 11.0 Å². The van der Waals surface area contributed by atoms with Crippen molar-refractivity contribution in [3.63, 3.8) is 0 Å². The van der Waals surface area contributed by atoms with Crippen LogP contribution in [0.1, 0.15) is 33.5 Å². The Morgan fingerprint density at radius 1 is 0.870 bits per heavy atom. The van der Waals surface area contributed by atoms with Crippen LogP contribution in [-0.2, 0) is 43.3 Å². The van der Waals surface area contributed by atoms with Crippen molar-refractivity contribution in [3.8, 4) is 17.0 Å². The number of hydrogen-bond acceptors (Lipinski definition) is 14. The Balaban J connectivity index is 0.847. The molecule has 0 unspecified atom stereocenters. The average Bonchev–Trinajstić information content (AvgIpc) is 3.77. The number of H-pyrrole nitrogens is 1. The predicted octanol–water partition coefficient (Wildman–Crippen LogP) is 1.49. The number of anilines is 3. The number of fused-ring (bicyclic) bond motifs is 2. The van der Waals surface area contributed by atoms with Gasteiger partial charge in [-0.1, -0.05) is 18.2 Å². The number of carbonyl (C=O) groups is 2. The second-order valence-corrected chi connectivity index (χ2v) is 12.5. The van der Waals surface area contributed by atoms with E-state index in [9.17, 15) is 14.7 Å². The van der Waals surface area contributed by atoms with E-state index in [4.69, 9.17) is 41.2 Å². The maximum absolute atomic E-state index is 12.9. The molecule has 2 aromatic carbocycles. The third-order valence-electron chi connectivity index (χ3n) is 8.85. The van der Waals surface area contributed by atoms with Crippen LogP contribution in [0.2, 0.25) is 0 Å². The summed E-state index contributed by atoms with van der Waals surface area (Å²) >= 11 is 0. The van der Waals surface area contributed by atoms with E-state index < -0.39 is 0 Å². The number of ether oxygens (including phenoxy) is 4. The molecule has 1 aliphatic heterocycles. The molecule has 4 heterocycles. The SMILES string of the molecule is Nc1cc(-c2nn(Cc3ccc4c(c3)CCN(C(=O)CCOCCOCCOCCOCCNC(=O)c3c[nH]nc3N)C4)c3ncnc(N)c23)ccc1O. The van der Waals surface area contributed by atoms with Crippen LogP contribution in [0.5, 0.6) is 5.75 Å². The van der Waals surface area contributed by atoms with E-state index >= 15 is 0 Å². The van der Waals surface area contributed by atoms with Gasteiger partial charge in [-0.2, -0.15) is 10.2 Å². The second-order valence-electron chi connectivity index (χ2n) is 12.5. The first-order valence-corrected chi connectivity index (χ1v) is 17.6. The standard InChI is InChI=1S/C36H45N11O7/c37-28-18-25(3-4-29(28)48)32-31-34(39)41-22-42-35(31)47(45-32)20-23-1-2-26-21-46(8-5-24(26)17-23)30(49)6-9-51-11-13-53-15-16-54-14-12-52-10-7-40-36(50)27-19-43-44-33(27)38/h1-4,17-19,22,48H,5-16,20-21,37H2,(H,40,50)(H3,38,43,44)(H2,39,41,42). The zero-order chi connectivity index (χ0) is 37.9. The number of nitrogens with one attached hydrogen (secondary N) is 2. The number of aromatic amines is 1. The number of nitrogen functional groups attached to an aromatic ring is 3. The summed E-state index contributed by atoms with van der Waals surface area (Å²) in [6, 6.07) is 11.2. The van der Waals surface area contributed by atoms with Crippen LogP contribution < -0.4 is 22.5 Å². The summed E-state index contributed by atoms with van der Waals surface area (Å²) in [4.78, 5) is 35.4. The molecule has 0 radical (unpaired) electrons. The van der Waals surface area contributed by atoms with Crippen LogP contribution in [0.15, 0.2) is 48.9 Å². The van der Waals surface area contributed by atoms with Gasteiger partial charge < -0.3 is 51.5 Å². The normalized spacial score (nSPS) is 12.6. The van der Waals surface area contributed by atoms with E-state index in [1.165, 1.54) is 24.2 Å². The third-order valence-corrected chi connectivity index (χ3v) is 8.85. The van der Waals surface area contributed by atoms with Crippen LogP contribution in [-0.4, -0.2) is 118 Å². The number of benzene rings is 2. The van der Waals surface area contributed by atoms with Crippen molar-refractivity contribution in [2.75, 3.05) is 83.1 Å². The number of hydrogen-bond donors (Lipinski definition) is 6. The zero-order valence-electron chi connectivity index (χ0n) is 29.8. The summed E-state index contributed by atoms with van der Waals surface area (Å²) in [7, 11) is 0. The molecule has 0 bridgehead atoms. The molecule has 0 atom stereocenters. The predicted molar refractivity (Wildman–Crippen MR) is 199 cm³/mol. The van der Waals surface area contributed by atoms with Gasteiger partial charge in [-0.05, 0) is 41.3 Å². The van der Waals surface area contributed by atoms with E-state index in [2.05, 4.69) is 37.6 Å². The van der Waals surface area contributed by atoms with Crippen LogP contribution in [0.25, 0.3) is 22.3 Å². The molecule has 286 valence electrons. The van der Waals surface area contributed by atoms with Crippen molar-refractivity contribution in [2.45, 2.75) is 25.9 Å². The lowest BCUT2D eigenvalue weighted by atomic mass is 9.97. The number of phenols is 1. The van der Waals surface area contributed by atoms with Gasteiger partial charge in [0.05, 0.1) is 76.9 Å². The first-order chi connectivity index (χ1) is 26.3. The smallest absolute Gasteiger partial charge is 0.256 e. The molecule has 18 heteroatoms. The fraction of sp³-hybridized carbons (Fsp3) is 0.389. The van der Waals surface area contributed by atoms with Crippen molar-refractivity contribution in [2.24, 2.45) is 0 Å². The van der Waals surface area contributed by atoms with E-state index in [1.54, 1.807) is 16.8 Å². The van der Waals surface area contributed by atoms with Crippen molar-refractivity contribution >= 4 is 40.2 Å². The lowest BCUT2D eigenvalue weighted by molar-refractivity contribution is -0.133. The lowest BCUT2D eigenvalue weighted by Crippen LogP contribution is -2.36. The maximum Gasteiger partial charge on any atom is 0.256 e. The highest BCUT2D eigenvalue weighted by Gasteiger charge is 2.22. The van der Waals surface area contributed by atoms with Gasteiger partial charge in [-0.15, -0.1) is 0 Å². The minimum absolute atomic E-state index is 0.00779. The summed E-state index contributed by atoms with van der Waals surface area (Å²) in [6.45, 7) is 5.03. The number of nitrogens with two attached hydrogens (primary N) is 3. The molecular weight excluding hydrogens is 698 g/mol. The number of amides is 2. The average molecular weight is 744 g/mol. The molecule has 0 spiro atoms. The molecule has 6 rings (SSSR count). The number of rotatable bonds is 19. The molecule has 2 amide bonds. The number of aromatic hydroxyl groups is 1. The van der Waals surface area contributed by atoms with Crippen molar-refractivity contribution in [1.29, 1.82) is 0 Å². The Morgan fingerprint density at radius 2 is 1.61 bits per heavy atom. The highest BCUT2D eigenvalue weighted by molar-refractivity contribution is 5.99. The van der Waals surface area contributed by atoms with Crippen LogP contribution in [0.4, 0.5) is 17.3 Å². The summed E-state index contributed by atoms with van der Waals surface area (Å²) in [5.74, 6) is 0.189. The lowest BCUT2D eigenvalue weighted by Gasteiger charge is -2.29. The van der Waals surface area contributed by atoms with E-state index in [0.29, 0.717) is 119 Å². The molecule has 54 heavy (non-hydrogen) atoms. The number of carbonyl (C=O) groups excluding carboxylic acids is 2. The minimum Gasteiger partial charge on any atom is -0.506 e. The van der Waals surface area contributed by atoms with E-state index in [0.717, 1.165) is 17.5 Å². The Kier molecular flexibility index (Phi) is 12.8. The molecule has 9 N–H and O–H groups in total. The molecule has 0 fully saturated rings. The number of phenolic OH excluding ortho intramolecular Hbond substituents is 1. The quantitative estimate of drug-likeness (QED) is 0.0398. The highest BCUT2D eigenvalue weighted by atomic mass is 16.6. The van der Waals surface area contributed by atoms with E-state index in [-0.39, 0.29) is 29.1 Å². The molecule has 0 saturated heterocycles. The Bertz CT molecular complexity index is 2050. The summed E-state index contributed by atoms with van der Waals surface area (Å²) in [5.41, 5.74) is 23.5. The van der Waals surface area contributed by atoms with Gasteiger partial charge in [0.25, 0.3) is 5.91 Å². The van der Waals surface area contributed by atoms with Gasteiger partial charge >= 0.3 is 0 Å². The van der Waals surface area contributed by atoms with Crippen molar-refractivity contribution in [3.05, 3.63) is 71.2 Å². The van der Waals surface area contributed by atoms with Gasteiger partial charge in [0.2, 0.25) is 5.91 Å². The van der Waals surface area contributed by atoms with Crippen molar-refractivity contribution in [1.82, 2.24) is 40.2 Å². The largest absolute Gasteiger partial charge is 0.506 e. The Hall–Kier alpha value is -5.82. The van der Waals surface area contributed by atoms with Gasteiger partial charge in [0, 0.05) is 31.4 Å². The first kappa shape index (κ1) is 37.9. The molecule has 5 aromatic rings. The van der Waals surface area contributed by atoms with Crippen LogP contribution in [0, 0.1) is 0 Å². The van der Waals surface area contributed by atoms with Gasteiger partial charge in [0.1, 0.15) is 29.2 Å². The summed E-state index contributed by atoms with van der Waals surface area (Å²) in [5, 5.41) is 24.3. The zero-order valence-corrected chi connectivity index (χ0v) is 29.8. The number of aromatic nitrogens is 6. The summed E-state index contributed by atoms with van der Waals surface area (Å²) < 4.78 is 23.9. The molecular formula is C36H45N11O7. The van der Waals surface area contributed by atoms with Crippen molar-refractivity contribution < 1.29 is 33.6 Å². The molecule has 0 aliphatic carbocycles. The molecule has 18 nitrogen and oxygen atoms in total. The Labute approximate surface area is 310 Å². The monoisotopic (exact) mass is 743 g/mol. The Morgan fingerprint density at radius 3 is 2.33 bits per heavy atom. The second kappa shape index (κ2) is 18.3. The van der Waals surface area contributed by atoms with Crippen LogP contribution in [0.3, 0.4) is 0 Å². The van der Waals surface area contributed by atoms with Gasteiger partial charge in [-0.3, -0.25) is 14.7 Å². The minimum atomic E-state index is -0.310. The summed E-state index contributed by atoms with van der Waals surface area (Å²) in [6.07, 6.45) is 3.89.